The molecular weight excluding hydrogens is 263 g/mol. The van der Waals surface area contributed by atoms with Gasteiger partial charge in [0.15, 0.2) is 0 Å². The van der Waals surface area contributed by atoms with E-state index in [1.807, 2.05) is 12.1 Å². The first-order chi connectivity index (χ1) is 8.61. The fourth-order valence-corrected chi connectivity index (χ4v) is 2.88. The Morgan fingerprint density at radius 3 is 2.79 bits per heavy atom. The van der Waals surface area contributed by atoms with E-state index in [2.05, 4.69) is 11.8 Å². The van der Waals surface area contributed by atoms with Gasteiger partial charge in [0.05, 0.1) is 0 Å². The number of halogens is 2. The van der Waals surface area contributed by atoms with Crippen LogP contribution in [0.1, 0.15) is 30.9 Å². The van der Waals surface area contributed by atoms with Crippen molar-refractivity contribution in [2.24, 2.45) is 11.7 Å². The molecule has 1 aliphatic heterocycles. The first-order valence-electron chi connectivity index (χ1n) is 6.81. The third-order valence-electron chi connectivity index (χ3n) is 4.09. The molecule has 19 heavy (non-hydrogen) atoms. The molecule has 0 radical (unpaired) electrons. The number of nitrogens with two attached hydrogens (primary N) is 1. The molecular formula is C15H24ClFN2. The number of hydrogen-bond acceptors (Lipinski definition) is 2. The topological polar surface area (TPSA) is 29.3 Å². The lowest BCUT2D eigenvalue weighted by molar-refractivity contribution is 0.0990. The van der Waals surface area contributed by atoms with Crippen molar-refractivity contribution in [3.05, 3.63) is 35.1 Å². The second-order valence-electron chi connectivity index (χ2n) is 5.48. The lowest BCUT2D eigenvalue weighted by Crippen LogP contribution is -2.48. The summed E-state index contributed by atoms with van der Waals surface area (Å²) in [4.78, 5) is 2.40. The molecule has 0 aromatic heterocycles. The molecule has 1 fully saturated rings. The van der Waals surface area contributed by atoms with Gasteiger partial charge in [-0.15, -0.1) is 12.4 Å². The molecule has 108 valence electrons. The summed E-state index contributed by atoms with van der Waals surface area (Å²) in [5.41, 5.74) is 7.63. The van der Waals surface area contributed by atoms with Crippen molar-refractivity contribution in [2.75, 3.05) is 13.1 Å². The summed E-state index contributed by atoms with van der Waals surface area (Å²) in [6.07, 6.45) is 2.46. The van der Waals surface area contributed by atoms with Crippen molar-refractivity contribution in [3.8, 4) is 0 Å². The Labute approximate surface area is 121 Å². The number of hydrogen-bond donors (Lipinski definition) is 1. The molecule has 2 nitrogen and oxygen atoms in total. The van der Waals surface area contributed by atoms with E-state index in [0.29, 0.717) is 24.1 Å². The summed E-state index contributed by atoms with van der Waals surface area (Å²) in [5.74, 6) is 0.529. The van der Waals surface area contributed by atoms with Crippen molar-refractivity contribution in [1.82, 2.24) is 4.90 Å². The van der Waals surface area contributed by atoms with Crippen LogP contribution in [0, 0.1) is 18.7 Å². The molecule has 0 bridgehead atoms. The van der Waals surface area contributed by atoms with Crippen molar-refractivity contribution < 1.29 is 4.39 Å². The van der Waals surface area contributed by atoms with Gasteiger partial charge < -0.3 is 5.73 Å². The van der Waals surface area contributed by atoms with Crippen LogP contribution in [0.5, 0.6) is 0 Å². The van der Waals surface area contributed by atoms with Crippen LogP contribution in [0.2, 0.25) is 0 Å². The molecule has 1 aromatic rings. The molecule has 1 aliphatic rings. The predicted molar refractivity (Wildman–Crippen MR) is 80.0 cm³/mol. The van der Waals surface area contributed by atoms with Crippen molar-refractivity contribution in [1.29, 1.82) is 0 Å². The molecule has 0 amide bonds. The zero-order chi connectivity index (χ0) is 13.1. The number of aryl methyl sites for hydroxylation is 1. The molecule has 2 atom stereocenters. The highest BCUT2D eigenvalue weighted by Gasteiger charge is 2.27. The van der Waals surface area contributed by atoms with E-state index < -0.39 is 0 Å². The minimum absolute atomic E-state index is 0. The summed E-state index contributed by atoms with van der Waals surface area (Å²) in [6.45, 7) is 6.63. The Balaban J connectivity index is 0.00000180. The summed E-state index contributed by atoms with van der Waals surface area (Å²) in [7, 11) is 0. The molecule has 1 saturated heterocycles. The Bertz CT molecular complexity index is 411. The first-order valence-corrected chi connectivity index (χ1v) is 6.81. The summed E-state index contributed by atoms with van der Waals surface area (Å²) < 4.78 is 13.5. The van der Waals surface area contributed by atoms with E-state index in [4.69, 9.17) is 5.73 Å². The standard InChI is InChI=1S/C15H23FN2.ClH/c1-11-5-6-13(8-14(11)16)10-18-7-3-4-12(2)15(18)9-17;/h5-6,8,12,15H,3-4,7,9-10,17H2,1-2H3;1H. The molecule has 0 aliphatic carbocycles. The van der Waals surface area contributed by atoms with Crippen LogP contribution in [0.25, 0.3) is 0 Å². The molecule has 2 rings (SSSR count). The van der Waals surface area contributed by atoms with Gasteiger partial charge in [0.2, 0.25) is 0 Å². The number of nitrogens with zero attached hydrogens (tertiary/aromatic N) is 1. The van der Waals surface area contributed by atoms with Crippen LogP contribution in [0.15, 0.2) is 18.2 Å². The van der Waals surface area contributed by atoms with E-state index in [1.165, 1.54) is 12.8 Å². The minimum Gasteiger partial charge on any atom is -0.329 e. The van der Waals surface area contributed by atoms with Gasteiger partial charge in [-0.05, 0) is 49.4 Å². The lowest BCUT2D eigenvalue weighted by atomic mass is 9.90. The van der Waals surface area contributed by atoms with Gasteiger partial charge in [0.1, 0.15) is 5.82 Å². The molecule has 4 heteroatoms. The van der Waals surface area contributed by atoms with Crippen molar-refractivity contribution in [3.63, 3.8) is 0 Å². The van der Waals surface area contributed by atoms with Crippen LogP contribution in [0.4, 0.5) is 4.39 Å². The van der Waals surface area contributed by atoms with E-state index in [0.717, 1.165) is 18.7 Å². The SMILES string of the molecule is Cc1ccc(CN2CCCC(C)C2CN)cc1F.Cl. The second-order valence-corrected chi connectivity index (χ2v) is 5.48. The number of rotatable bonds is 3. The maximum absolute atomic E-state index is 13.5. The Hall–Kier alpha value is -0.640. The highest BCUT2D eigenvalue weighted by Crippen LogP contribution is 2.24. The molecule has 2 unspecified atom stereocenters. The van der Waals surface area contributed by atoms with Gasteiger partial charge in [0, 0.05) is 19.1 Å². The smallest absolute Gasteiger partial charge is 0.126 e. The average Bonchev–Trinajstić information content (AvgIpc) is 2.34. The lowest BCUT2D eigenvalue weighted by Gasteiger charge is -2.39. The van der Waals surface area contributed by atoms with Gasteiger partial charge in [0.25, 0.3) is 0 Å². The molecule has 2 N–H and O–H groups in total. The number of benzene rings is 1. The van der Waals surface area contributed by atoms with Crippen LogP contribution >= 0.6 is 12.4 Å². The van der Waals surface area contributed by atoms with Crippen LogP contribution in [-0.2, 0) is 6.54 Å². The second kappa shape index (κ2) is 7.22. The Morgan fingerprint density at radius 2 is 2.16 bits per heavy atom. The highest BCUT2D eigenvalue weighted by atomic mass is 35.5. The van der Waals surface area contributed by atoms with Gasteiger partial charge in [-0.2, -0.15) is 0 Å². The summed E-state index contributed by atoms with van der Waals surface area (Å²) in [6, 6.07) is 5.96. The predicted octanol–water partition coefficient (Wildman–Crippen LogP) is 3.12. The third kappa shape index (κ3) is 3.91. The fraction of sp³-hybridized carbons (Fsp3) is 0.600. The first kappa shape index (κ1) is 16.4. The van der Waals surface area contributed by atoms with E-state index in [9.17, 15) is 4.39 Å². The van der Waals surface area contributed by atoms with Gasteiger partial charge in [-0.3, -0.25) is 4.90 Å². The maximum atomic E-state index is 13.5. The maximum Gasteiger partial charge on any atom is 0.126 e. The van der Waals surface area contributed by atoms with Gasteiger partial charge in [-0.25, -0.2) is 4.39 Å². The van der Waals surface area contributed by atoms with E-state index in [1.54, 1.807) is 13.0 Å². The Morgan fingerprint density at radius 1 is 1.42 bits per heavy atom. The largest absolute Gasteiger partial charge is 0.329 e. The molecule has 1 heterocycles. The number of likely N-dealkylation sites (tertiary alicyclic amines) is 1. The van der Waals surface area contributed by atoms with Crippen molar-refractivity contribution in [2.45, 2.75) is 39.3 Å². The minimum atomic E-state index is -0.109. The van der Waals surface area contributed by atoms with E-state index >= 15 is 0 Å². The zero-order valence-corrected chi connectivity index (χ0v) is 12.5. The van der Waals surface area contributed by atoms with Crippen molar-refractivity contribution >= 4 is 12.4 Å². The summed E-state index contributed by atoms with van der Waals surface area (Å²) >= 11 is 0. The quantitative estimate of drug-likeness (QED) is 0.925. The summed E-state index contributed by atoms with van der Waals surface area (Å²) in [5, 5.41) is 0. The molecule has 1 aromatic carbocycles. The van der Waals surface area contributed by atoms with Crippen LogP contribution < -0.4 is 5.73 Å². The monoisotopic (exact) mass is 286 g/mol. The van der Waals surface area contributed by atoms with Crippen LogP contribution in [0.3, 0.4) is 0 Å². The highest BCUT2D eigenvalue weighted by molar-refractivity contribution is 5.85. The van der Waals surface area contributed by atoms with Crippen LogP contribution in [-0.4, -0.2) is 24.0 Å². The molecule has 0 saturated carbocycles. The normalized spacial score (nSPS) is 24.0. The average molecular weight is 287 g/mol. The fourth-order valence-electron chi connectivity index (χ4n) is 2.88. The van der Waals surface area contributed by atoms with Gasteiger partial charge in [-0.1, -0.05) is 19.1 Å². The molecule has 0 spiro atoms. The number of piperidine rings is 1. The Kier molecular flexibility index (Phi) is 6.24. The third-order valence-corrected chi connectivity index (χ3v) is 4.09. The van der Waals surface area contributed by atoms with Gasteiger partial charge >= 0.3 is 0 Å². The van der Waals surface area contributed by atoms with E-state index in [-0.39, 0.29) is 18.2 Å². The zero-order valence-electron chi connectivity index (χ0n) is 11.7.